The Balaban J connectivity index is 1.87. The zero-order chi connectivity index (χ0) is 22.5. The highest BCUT2D eigenvalue weighted by Crippen LogP contribution is 2.37. The maximum absolute atomic E-state index is 12.3. The first-order valence-electron chi connectivity index (χ1n) is 9.52. The summed E-state index contributed by atoms with van der Waals surface area (Å²) >= 11 is 6.29. The third-order valence-corrected chi connectivity index (χ3v) is 4.84. The van der Waals surface area contributed by atoms with Gasteiger partial charge in [-0.1, -0.05) is 37.6 Å². The van der Waals surface area contributed by atoms with Gasteiger partial charge in [0.1, 0.15) is 0 Å². The molecule has 0 N–H and O–H groups in total. The Bertz CT molecular complexity index is 1060. The highest BCUT2D eigenvalue weighted by molar-refractivity contribution is 6.32. The summed E-state index contributed by atoms with van der Waals surface area (Å²) in [6, 6.07) is 10.9. The molecule has 2 aromatic rings. The van der Waals surface area contributed by atoms with Crippen LogP contribution >= 0.6 is 11.6 Å². The predicted molar refractivity (Wildman–Crippen MR) is 117 cm³/mol. The summed E-state index contributed by atoms with van der Waals surface area (Å²) in [4.78, 5) is 27.9. The van der Waals surface area contributed by atoms with Gasteiger partial charge in [0, 0.05) is 5.56 Å². The van der Waals surface area contributed by atoms with Gasteiger partial charge in [-0.15, -0.1) is 0 Å². The van der Waals surface area contributed by atoms with Crippen LogP contribution in [0, 0.1) is 0 Å². The lowest BCUT2D eigenvalue weighted by Crippen LogP contribution is -2.13. The zero-order valence-electron chi connectivity index (χ0n) is 17.6. The van der Waals surface area contributed by atoms with E-state index in [1.54, 1.807) is 12.1 Å². The van der Waals surface area contributed by atoms with Gasteiger partial charge in [-0.25, -0.2) is 14.6 Å². The highest BCUT2D eigenvalue weighted by Gasteiger charge is 2.24. The van der Waals surface area contributed by atoms with Gasteiger partial charge in [0.2, 0.25) is 5.90 Å². The Kier molecular flexibility index (Phi) is 6.97. The first kappa shape index (κ1) is 22.4. The van der Waals surface area contributed by atoms with Gasteiger partial charge >= 0.3 is 11.9 Å². The van der Waals surface area contributed by atoms with Crippen LogP contribution in [0.1, 0.15) is 36.5 Å². The van der Waals surface area contributed by atoms with Crippen LogP contribution in [0.2, 0.25) is 5.02 Å². The molecule has 0 radical (unpaired) electrons. The van der Waals surface area contributed by atoms with Crippen LogP contribution in [0.4, 0.5) is 0 Å². The summed E-state index contributed by atoms with van der Waals surface area (Å²) in [6.45, 7) is 3.89. The van der Waals surface area contributed by atoms with Gasteiger partial charge in [0.05, 0.1) is 19.2 Å². The molecular weight excluding hydrogens is 422 g/mol. The number of ether oxygens (including phenoxy) is 4. The van der Waals surface area contributed by atoms with Crippen molar-refractivity contribution in [2.45, 2.75) is 19.8 Å². The maximum atomic E-state index is 12.3. The molecule has 3 rings (SSSR count). The Labute approximate surface area is 185 Å². The van der Waals surface area contributed by atoms with Crippen LogP contribution in [0.5, 0.6) is 11.5 Å². The molecule has 0 aromatic heterocycles. The first-order valence-corrected chi connectivity index (χ1v) is 9.90. The van der Waals surface area contributed by atoms with Crippen molar-refractivity contribution in [3.8, 4) is 11.5 Å². The Morgan fingerprint density at radius 1 is 1.19 bits per heavy atom. The zero-order valence-corrected chi connectivity index (χ0v) is 18.4. The average molecular weight is 444 g/mol. The van der Waals surface area contributed by atoms with Gasteiger partial charge in [0.15, 0.2) is 23.8 Å². The third-order valence-electron chi connectivity index (χ3n) is 4.56. The Morgan fingerprint density at radius 2 is 1.90 bits per heavy atom. The molecule has 7 nitrogen and oxygen atoms in total. The number of methoxy groups -OCH3 is 2. The van der Waals surface area contributed by atoms with Gasteiger partial charge < -0.3 is 18.9 Å². The number of hydrogen-bond acceptors (Lipinski definition) is 7. The van der Waals surface area contributed by atoms with E-state index >= 15 is 0 Å². The van der Waals surface area contributed by atoms with Crippen LogP contribution in [-0.2, 0) is 19.1 Å². The van der Waals surface area contributed by atoms with E-state index in [4.69, 9.17) is 25.8 Å². The number of aliphatic imine (C=N–C) groups is 1. The number of rotatable bonds is 7. The quantitative estimate of drug-likeness (QED) is 0.466. The summed E-state index contributed by atoms with van der Waals surface area (Å²) in [6.07, 6.45) is 1.54. The highest BCUT2D eigenvalue weighted by atomic mass is 35.5. The second-order valence-corrected chi connectivity index (χ2v) is 7.42. The lowest BCUT2D eigenvalue weighted by Gasteiger charge is -2.12. The standard InChI is InChI=1S/C23H22ClNO6/c1-13(2)15-5-7-16(8-6-15)22-25-18(23(27)31-22)10-14-9-17(24)21(19(11-14)28-3)30-12-20(26)29-4/h5-11,13H,12H2,1-4H3/b18-10-. The second-order valence-electron chi connectivity index (χ2n) is 7.01. The van der Waals surface area contributed by atoms with Gasteiger partial charge in [-0.2, -0.15) is 0 Å². The molecule has 1 heterocycles. The van der Waals surface area contributed by atoms with Crippen LogP contribution in [0.25, 0.3) is 6.08 Å². The van der Waals surface area contributed by atoms with E-state index in [2.05, 4.69) is 23.6 Å². The summed E-state index contributed by atoms with van der Waals surface area (Å²) in [5.41, 5.74) is 2.58. The smallest absolute Gasteiger partial charge is 0.363 e. The van der Waals surface area contributed by atoms with Crippen LogP contribution < -0.4 is 9.47 Å². The van der Waals surface area contributed by atoms with Crippen molar-refractivity contribution < 1.29 is 28.5 Å². The molecular formula is C23H22ClNO6. The predicted octanol–water partition coefficient (Wildman–Crippen LogP) is 4.37. The van der Waals surface area contributed by atoms with Crippen LogP contribution in [0.3, 0.4) is 0 Å². The molecule has 0 aliphatic carbocycles. The number of halogens is 1. The monoisotopic (exact) mass is 443 g/mol. The van der Waals surface area contributed by atoms with Crippen molar-refractivity contribution in [1.82, 2.24) is 0 Å². The lowest BCUT2D eigenvalue weighted by molar-refractivity contribution is -0.143. The number of esters is 2. The lowest BCUT2D eigenvalue weighted by atomic mass is 10.0. The van der Waals surface area contributed by atoms with E-state index in [0.29, 0.717) is 22.8 Å². The molecule has 0 unspecified atom stereocenters. The summed E-state index contributed by atoms with van der Waals surface area (Å²) < 4.78 is 20.6. The van der Waals surface area contributed by atoms with Crippen molar-refractivity contribution in [2.24, 2.45) is 4.99 Å². The minimum Gasteiger partial charge on any atom is -0.493 e. The van der Waals surface area contributed by atoms with Crippen molar-refractivity contribution in [2.75, 3.05) is 20.8 Å². The summed E-state index contributed by atoms with van der Waals surface area (Å²) in [5, 5.41) is 0.204. The van der Waals surface area contributed by atoms with Gasteiger partial charge in [0.25, 0.3) is 0 Å². The summed E-state index contributed by atoms with van der Waals surface area (Å²) in [7, 11) is 2.70. The van der Waals surface area contributed by atoms with E-state index in [9.17, 15) is 9.59 Å². The van der Waals surface area contributed by atoms with E-state index in [1.165, 1.54) is 25.9 Å². The molecule has 2 aromatic carbocycles. The SMILES string of the molecule is COC(=O)COc1c(Cl)cc(/C=C2\N=C(c3ccc(C(C)C)cc3)OC2=O)cc1OC. The fourth-order valence-corrected chi connectivity index (χ4v) is 3.13. The van der Waals surface area contributed by atoms with E-state index in [0.717, 1.165) is 0 Å². The fourth-order valence-electron chi connectivity index (χ4n) is 2.85. The van der Waals surface area contributed by atoms with Crippen molar-refractivity contribution in [1.29, 1.82) is 0 Å². The summed E-state index contributed by atoms with van der Waals surface area (Å²) in [5.74, 6) is 0.00752. The average Bonchev–Trinajstić information content (AvgIpc) is 3.12. The molecule has 0 spiro atoms. The normalized spacial score (nSPS) is 14.5. The molecule has 0 saturated heterocycles. The fraction of sp³-hybridized carbons (Fsp3) is 0.261. The molecule has 0 saturated carbocycles. The molecule has 8 heteroatoms. The van der Waals surface area contributed by atoms with Crippen LogP contribution in [-0.4, -0.2) is 38.7 Å². The number of nitrogens with zero attached hydrogens (tertiary/aromatic N) is 1. The van der Waals surface area contributed by atoms with Crippen molar-refractivity contribution >= 4 is 35.5 Å². The molecule has 1 aliphatic rings. The van der Waals surface area contributed by atoms with Crippen LogP contribution in [0.15, 0.2) is 47.1 Å². The molecule has 0 fully saturated rings. The van der Waals surface area contributed by atoms with Crippen molar-refractivity contribution in [3.05, 3.63) is 63.8 Å². The topological polar surface area (TPSA) is 83.4 Å². The van der Waals surface area contributed by atoms with Gasteiger partial charge in [-0.3, -0.25) is 0 Å². The minimum absolute atomic E-state index is 0.129. The number of cyclic esters (lactones) is 1. The van der Waals surface area contributed by atoms with E-state index in [-0.39, 0.29) is 29.0 Å². The van der Waals surface area contributed by atoms with E-state index in [1.807, 2.05) is 24.3 Å². The van der Waals surface area contributed by atoms with Gasteiger partial charge in [-0.05, 0) is 47.4 Å². The largest absolute Gasteiger partial charge is 0.493 e. The molecule has 1 aliphatic heterocycles. The maximum Gasteiger partial charge on any atom is 0.363 e. The second kappa shape index (κ2) is 9.66. The van der Waals surface area contributed by atoms with Crippen molar-refractivity contribution in [3.63, 3.8) is 0 Å². The molecule has 0 bridgehead atoms. The molecule has 31 heavy (non-hydrogen) atoms. The van der Waals surface area contributed by atoms with E-state index < -0.39 is 11.9 Å². The Hall–Kier alpha value is -3.32. The number of carbonyl (C=O) groups is 2. The number of benzene rings is 2. The molecule has 0 atom stereocenters. The minimum atomic E-state index is -0.566. The number of carbonyl (C=O) groups excluding carboxylic acids is 2. The molecule has 162 valence electrons. The third kappa shape index (κ3) is 5.24. The molecule has 0 amide bonds. The Morgan fingerprint density at radius 3 is 2.52 bits per heavy atom. The number of hydrogen-bond donors (Lipinski definition) is 0. The first-order chi connectivity index (χ1) is 14.8.